The van der Waals surface area contributed by atoms with E-state index in [9.17, 15) is 0 Å². The van der Waals surface area contributed by atoms with Crippen LogP contribution >= 0.6 is 0 Å². The Labute approximate surface area is 154 Å². The number of benzene rings is 3. The van der Waals surface area contributed by atoms with Gasteiger partial charge in [-0.1, -0.05) is 83.9 Å². The van der Waals surface area contributed by atoms with Crippen molar-refractivity contribution < 1.29 is 29.6 Å². The van der Waals surface area contributed by atoms with E-state index in [0.29, 0.717) is 0 Å². The maximum absolute atomic E-state index is 3.34. The van der Waals surface area contributed by atoms with E-state index >= 15 is 0 Å². The summed E-state index contributed by atoms with van der Waals surface area (Å²) in [6.07, 6.45) is 3.25. The number of rotatable bonds is 3. The second-order valence-electron chi connectivity index (χ2n) is 4.72. The number of hydrogen-bond acceptors (Lipinski definition) is 0. The van der Waals surface area contributed by atoms with Crippen molar-refractivity contribution in [1.82, 2.24) is 0 Å². The second kappa shape index (κ2) is 8.58. The van der Waals surface area contributed by atoms with Crippen LogP contribution in [0.3, 0.4) is 0 Å². The molecule has 0 aliphatic heterocycles. The third kappa shape index (κ3) is 4.34. The zero-order chi connectivity index (χ0) is 14.3. The molecule has 0 aliphatic rings. The van der Waals surface area contributed by atoms with Gasteiger partial charge in [0.15, 0.2) is 0 Å². The largest absolute Gasteiger partial charge is 1.00 e. The summed E-state index contributed by atoms with van der Waals surface area (Å²) in [5.41, 5.74) is 7.71. The summed E-state index contributed by atoms with van der Waals surface area (Å²) in [7, 11) is 0. The van der Waals surface area contributed by atoms with Crippen LogP contribution in [0.2, 0.25) is 0 Å². The van der Waals surface area contributed by atoms with Gasteiger partial charge in [0.2, 0.25) is 0 Å². The molecule has 0 nitrogen and oxygen atoms in total. The summed E-state index contributed by atoms with van der Waals surface area (Å²) in [5.74, 6) is 0. The molecule has 3 aromatic carbocycles. The van der Waals surface area contributed by atoms with E-state index in [4.69, 9.17) is 0 Å². The molecular formula is C21H15Na. The summed E-state index contributed by atoms with van der Waals surface area (Å²) >= 11 is 0. The smallest absolute Gasteiger partial charge is 0.213 e. The van der Waals surface area contributed by atoms with Gasteiger partial charge in [0, 0.05) is 0 Å². The van der Waals surface area contributed by atoms with Crippen LogP contribution < -0.4 is 29.6 Å². The molecule has 0 N–H and O–H groups in total. The topological polar surface area (TPSA) is 0 Å². The second-order valence-corrected chi connectivity index (χ2v) is 4.72. The number of hydrogen-bond donors (Lipinski definition) is 0. The average Bonchev–Trinajstić information content (AvgIpc) is 2.58. The van der Waals surface area contributed by atoms with E-state index < -0.39 is 0 Å². The fraction of sp³-hybridized carbons (Fsp3) is 0. The van der Waals surface area contributed by atoms with Crippen LogP contribution in [0.1, 0.15) is 16.7 Å². The molecule has 0 spiro atoms. The summed E-state index contributed by atoms with van der Waals surface area (Å²) in [6.45, 7) is 0. The van der Waals surface area contributed by atoms with Gasteiger partial charge in [-0.15, -0.1) is 29.8 Å². The standard InChI is InChI=1S/C21H15.Na/c1-4-10-18(11-5-1)16-17-21(19-12-6-2-7-13-19)20-14-8-3-9-15-20;/h1-15H;/q-1;+1. The Kier molecular flexibility index (Phi) is 6.45. The molecule has 0 atom stereocenters. The van der Waals surface area contributed by atoms with E-state index in [2.05, 4.69) is 36.1 Å². The molecule has 0 aromatic heterocycles. The summed E-state index contributed by atoms with van der Waals surface area (Å²) in [6, 6.07) is 30.7. The van der Waals surface area contributed by atoms with Crippen molar-refractivity contribution in [3.63, 3.8) is 0 Å². The molecule has 0 heterocycles. The van der Waals surface area contributed by atoms with Gasteiger partial charge in [0.05, 0.1) is 0 Å². The first-order chi connectivity index (χ1) is 10.4. The van der Waals surface area contributed by atoms with Gasteiger partial charge >= 0.3 is 29.6 Å². The average molecular weight is 290 g/mol. The Morgan fingerprint density at radius 2 is 1.00 bits per heavy atom. The van der Waals surface area contributed by atoms with Crippen LogP contribution in [0.15, 0.2) is 96.7 Å². The van der Waals surface area contributed by atoms with E-state index in [1.807, 2.05) is 66.7 Å². The van der Waals surface area contributed by atoms with Gasteiger partial charge < -0.3 is 0 Å². The quantitative estimate of drug-likeness (QED) is 0.394. The molecule has 0 radical (unpaired) electrons. The molecule has 0 saturated carbocycles. The minimum absolute atomic E-state index is 0. The third-order valence-corrected chi connectivity index (χ3v) is 3.23. The SMILES string of the molecule is C(=[C-]c1ccccc1)=C(c1ccccc1)c1ccccc1.[Na+]. The van der Waals surface area contributed by atoms with Crippen LogP contribution in [0.25, 0.3) is 5.57 Å². The predicted octanol–water partition coefficient (Wildman–Crippen LogP) is 2.13. The van der Waals surface area contributed by atoms with Crippen molar-refractivity contribution >= 4 is 5.57 Å². The first-order valence-corrected chi connectivity index (χ1v) is 6.98. The van der Waals surface area contributed by atoms with E-state index in [1.165, 1.54) is 0 Å². The van der Waals surface area contributed by atoms with Crippen LogP contribution in [-0.4, -0.2) is 0 Å². The molecule has 3 aromatic rings. The van der Waals surface area contributed by atoms with Crippen LogP contribution in [0.4, 0.5) is 0 Å². The zero-order valence-corrected chi connectivity index (χ0v) is 14.7. The van der Waals surface area contributed by atoms with Crippen LogP contribution in [0.5, 0.6) is 0 Å². The Hall–Kier alpha value is -1.82. The van der Waals surface area contributed by atoms with Gasteiger partial charge in [-0.2, -0.15) is 0 Å². The third-order valence-electron chi connectivity index (χ3n) is 3.23. The van der Waals surface area contributed by atoms with Crippen LogP contribution in [-0.2, 0) is 0 Å². The molecule has 0 fully saturated rings. The van der Waals surface area contributed by atoms with Crippen molar-refractivity contribution in [2.24, 2.45) is 0 Å². The zero-order valence-electron chi connectivity index (χ0n) is 12.7. The molecule has 0 saturated heterocycles. The minimum atomic E-state index is 0. The first-order valence-electron chi connectivity index (χ1n) is 6.98. The van der Waals surface area contributed by atoms with Gasteiger partial charge in [-0.05, 0) is 5.57 Å². The molecule has 1 heteroatoms. The Morgan fingerprint density at radius 3 is 1.45 bits per heavy atom. The summed E-state index contributed by atoms with van der Waals surface area (Å²) < 4.78 is 0. The molecule has 22 heavy (non-hydrogen) atoms. The van der Waals surface area contributed by atoms with E-state index in [1.54, 1.807) is 0 Å². The van der Waals surface area contributed by atoms with Gasteiger partial charge in [0.1, 0.15) is 0 Å². The minimum Gasteiger partial charge on any atom is -0.213 e. The van der Waals surface area contributed by atoms with Crippen molar-refractivity contribution in [1.29, 1.82) is 0 Å². The molecule has 0 amide bonds. The molecular weight excluding hydrogens is 275 g/mol. The fourth-order valence-corrected chi connectivity index (χ4v) is 2.18. The molecule has 100 valence electrons. The molecule has 3 rings (SSSR count). The normalized spacial score (nSPS) is 9.27. The molecule has 0 aliphatic carbocycles. The molecule has 0 unspecified atom stereocenters. The predicted molar refractivity (Wildman–Crippen MR) is 87.7 cm³/mol. The Bertz CT molecular complexity index is 711. The van der Waals surface area contributed by atoms with Gasteiger partial charge in [-0.25, -0.2) is 5.73 Å². The summed E-state index contributed by atoms with van der Waals surface area (Å²) in [4.78, 5) is 0. The van der Waals surface area contributed by atoms with E-state index in [0.717, 1.165) is 22.3 Å². The van der Waals surface area contributed by atoms with Gasteiger partial charge in [0.25, 0.3) is 0 Å². The Balaban J connectivity index is 0.00000176. The maximum Gasteiger partial charge on any atom is 1.00 e. The van der Waals surface area contributed by atoms with Crippen LogP contribution in [0, 0.1) is 6.08 Å². The van der Waals surface area contributed by atoms with Gasteiger partial charge in [-0.3, -0.25) is 0 Å². The first kappa shape index (κ1) is 16.5. The van der Waals surface area contributed by atoms with Crippen molar-refractivity contribution in [2.75, 3.05) is 0 Å². The molecule has 0 bridgehead atoms. The summed E-state index contributed by atoms with van der Waals surface area (Å²) in [5, 5.41) is 0. The van der Waals surface area contributed by atoms with E-state index in [-0.39, 0.29) is 29.6 Å². The maximum atomic E-state index is 3.34. The Morgan fingerprint density at radius 1 is 0.591 bits per heavy atom. The van der Waals surface area contributed by atoms with Crippen molar-refractivity contribution in [3.05, 3.63) is 119 Å². The van der Waals surface area contributed by atoms with Crippen molar-refractivity contribution in [3.8, 4) is 0 Å². The monoisotopic (exact) mass is 290 g/mol. The fourth-order valence-electron chi connectivity index (χ4n) is 2.18. The van der Waals surface area contributed by atoms with Crippen molar-refractivity contribution in [2.45, 2.75) is 0 Å².